The highest BCUT2D eigenvalue weighted by Gasteiger charge is 2.19. The maximum Gasteiger partial charge on any atom is 0.306 e. The molecule has 0 aliphatic rings. The number of carbonyl (C=O) groups is 3. The number of hydrogen-bond acceptors (Lipinski definition) is 6. The summed E-state index contributed by atoms with van der Waals surface area (Å²) in [6.45, 7) is 6.68. The van der Waals surface area contributed by atoms with E-state index >= 15 is 0 Å². The zero-order valence-electron chi connectivity index (χ0n) is 42.6. The van der Waals surface area contributed by atoms with Gasteiger partial charge in [0.25, 0.3) is 0 Å². The van der Waals surface area contributed by atoms with Crippen molar-refractivity contribution < 1.29 is 28.6 Å². The quantitative estimate of drug-likeness (QED) is 0.0262. The van der Waals surface area contributed by atoms with Crippen LogP contribution in [0.2, 0.25) is 0 Å². The van der Waals surface area contributed by atoms with Crippen LogP contribution >= 0.6 is 0 Å². The predicted molar refractivity (Wildman–Crippen MR) is 270 cm³/mol. The lowest BCUT2D eigenvalue weighted by Gasteiger charge is -2.18. The minimum atomic E-state index is -0.767. The Labute approximate surface area is 392 Å². The second-order valence-corrected chi connectivity index (χ2v) is 19.2. The van der Waals surface area contributed by atoms with Gasteiger partial charge in [0.05, 0.1) is 0 Å². The van der Waals surface area contributed by atoms with E-state index in [0.717, 1.165) is 64.2 Å². The topological polar surface area (TPSA) is 78.9 Å². The van der Waals surface area contributed by atoms with Crippen molar-refractivity contribution in [3.63, 3.8) is 0 Å². The van der Waals surface area contributed by atoms with Crippen LogP contribution < -0.4 is 0 Å². The van der Waals surface area contributed by atoms with Crippen molar-refractivity contribution in [2.24, 2.45) is 0 Å². The van der Waals surface area contributed by atoms with E-state index in [1.807, 2.05) is 0 Å². The van der Waals surface area contributed by atoms with Crippen LogP contribution in [0.1, 0.15) is 316 Å². The van der Waals surface area contributed by atoms with Gasteiger partial charge in [0, 0.05) is 19.3 Å². The maximum absolute atomic E-state index is 12.8. The summed E-state index contributed by atoms with van der Waals surface area (Å²) >= 11 is 0. The summed E-state index contributed by atoms with van der Waals surface area (Å²) in [7, 11) is 0. The minimum absolute atomic E-state index is 0.0666. The Kier molecular flexibility index (Phi) is 51.2. The second kappa shape index (κ2) is 52.8. The molecule has 0 aliphatic heterocycles. The molecular formula is C57H108O6. The van der Waals surface area contributed by atoms with E-state index in [9.17, 15) is 14.4 Å². The van der Waals surface area contributed by atoms with Crippen molar-refractivity contribution in [3.8, 4) is 0 Å². The monoisotopic (exact) mass is 889 g/mol. The first-order chi connectivity index (χ1) is 31.0. The Morgan fingerprint density at radius 1 is 0.302 bits per heavy atom. The summed E-state index contributed by atoms with van der Waals surface area (Å²) in [4.78, 5) is 38.1. The largest absolute Gasteiger partial charge is 0.462 e. The molecule has 0 aliphatic carbocycles. The van der Waals surface area contributed by atoms with E-state index in [4.69, 9.17) is 14.2 Å². The zero-order chi connectivity index (χ0) is 45.8. The molecule has 0 bridgehead atoms. The van der Waals surface area contributed by atoms with Crippen LogP contribution in [0.25, 0.3) is 0 Å². The van der Waals surface area contributed by atoms with Crippen LogP contribution in [0.15, 0.2) is 12.2 Å². The molecule has 372 valence electrons. The third kappa shape index (κ3) is 51.0. The van der Waals surface area contributed by atoms with Crippen LogP contribution in [-0.2, 0) is 28.6 Å². The van der Waals surface area contributed by atoms with Crippen molar-refractivity contribution in [1.29, 1.82) is 0 Å². The molecular weight excluding hydrogens is 781 g/mol. The molecule has 6 heteroatoms. The Balaban J connectivity index is 4.31. The molecule has 0 aromatic carbocycles. The van der Waals surface area contributed by atoms with Gasteiger partial charge in [-0.25, -0.2) is 0 Å². The highest BCUT2D eigenvalue weighted by Crippen LogP contribution is 2.17. The van der Waals surface area contributed by atoms with Gasteiger partial charge < -0.3 is 14.2 Å². The molecule has 0 aromatic heterocycles. The Bertz CT molecular complexity index is 978. The van der Waals surface area contributed by atoms with Crippen LogP contribution in [0.4, 0.5) is 0 Å². The molecule has 0 spiro atoms. The van der Waals surface area contributed by atoms with Gasteiger partial charge in [-0.3, -0.25) is 14.4 Å². The molecule has 0 fully saturated rings. The van der Waals surface area contributed by atoms with Crippen LogP contribution in [0, 0.1) is 0 Å². The predicted octanol–water partition coefficient (Wildman–Crippen LogP) is 18.5. The molecule has 0 saturated heterocycles. The van der Waals surface area contributed by atoms with Crippen molar-refractivity contribution in [1.82, 2.24) is 0 Å². The summed E-state index contributed by atoms with van der Waals surface area (Å²) in [5, 5.41) is 0. The molecule has 0 amide bonds. The van der Waals surface area contributed by atoms with E-state index < -0.39 is 6.10 Å². The molecule has 0 unspecified atom stereocenters. The van der Waals surface area contributed by atoms with E-state index in [-0.39, 0.29) is 31.1 Å². The first-order valence-corrected chi connectivity index (χ1v) is 28.2. The van der Waals surface area contributed by atoms with E-state index in [0.29, 0.717) is 19.3 Å². The second-order valence-electron chi connectivity index (χ2n) is 19.2. The number of unbranched alkanes of at least 4 members (excludes halogenated alkanes) is 39. The summed E-state index contributed by atoms with van der Waals surface area (Å²) < 4.78 is 16.9. The zero-order valence-corrected chi connectivity index (χ0v) is 42.6. The van der Waals surface area contributed by atoms with Crippen LogP contribution in [-0.4, -0.2) is 37.2 Å². The fraction of sp³-hybridized carbons (Fsp3) is 0.912. The Hall–Kier alpha value is -1.85. The smallest absolute Gasteiger partial charge is 0.306 e. The fourth-order valence-corrected chi connectivity index (χ4v) is 8.50. The molecule has 0 saturated carbocycles. The van der Waals surface area contributed by atoms with Crippen LogP contribution in [0.5, 0.6) is 0 Å². The maximum atomic E-state index is 12.8. The highest BCUT2D eigenvalue weighted by molar-refractivity contribution is 5.71. The lowest BCUT2D eigenvalue weighted by atomic mass is 10.0. The number of allylic oxidation sites excluding steroid dienone is 2. The number of hydrogen-bond donors (Lipinski definition) is 0. The van der Waals surface area contributed by atoms with Crippen molar-refractivity contribution in [2.45, 2.75) is 322 Å². The van der Waals surface area contributed by atoms with Gasteiger partial charge in [-0.15, -0.1) is 0 Å². The highest BCUT2D eigenvalue weighted by atomic mass is 16.6. The third-order valence-corrected chi connectivity index (χ3v) is 12.8. The van der Waals surface area contributed by atoms with Gasteiger partial charge in [-0.05, 0) is 44.9 Å². The first-order valence-electron chi connectivity index (χ1n) is 28.2. The molecule has 6 nitrogen and oxygen atoms in total. The average Bonchev–Trinajstić information content (AvgIpc) is 3.28. The lowest BCUT2D eigenvalue weighted by molar-refractivity contribution is -0.167. The van der Waals surface area contributed by atoms with Crippen molar-refractivity contribution >= 4 is 17.9 Å². The standard InChI is InChI=1S/C57H108O6/c1-4-7-10-13-16-19-22-25-27-28-30-33-35-38-41-44-47-50-56(59)62-53-54(63-57(60)51-48-45-42-39-36-31-24-21-18-15-12-9-6-3)52-61-55(58)49-46-43-40-37-34-32-29-26-23-20-17-14-11-8-5-2/h26,29,54H,4-25,27-28,30-53H2,1-3H3/b29-26-/t54-/m1/s1. The number of esters is 3. The molecule has 0 rings (SSSR count). The first kappa shape index (κ1) is 61.1. The normalized spacial score (nSPS) is 12.0. The number of rotatable bonds is 52. The van der Waals surface area contributed by atoms with E-state index in [1.165, 1.54) is 212 Å². The van der Waals surface area contributed by atoms with Gasteiger partial charge in [0.1, 0.15) is 13.2 Å². The van der Waals surface area contributed by atoms with Gasteiger partial charge in [-0.1, -0.05) is 264 Å². The van der Waals surface area contributed by atoms with Gasteiger partial charge in [-0.2, -0.15) is 0 Å². The Morgan fingerprint density at radius 3 is 0.794 bits per heavy atom. The molecule has 63 heavy (non-hydrogen) atoms. The summed E-state index contributed by atoms with van der Waals surface area (Å²) in [5.41, 5.74) is 0. The average molecular weight is 889 g/mol. The van der Waals surface area contributed by atoms with Crippen molar-refractivity contribution in [2.75, 3.05) is 13.2 Å². The lowest BCUT2D eigenvalue weighted by Crippen LogP contribution is -2.30. The SMILES string of the molecule is CCCCCCCC/C=C\CCCCCCCC(=O)OC[C@H](COC(=O)CCCCCCCCCCCCCCCCCCC)OC(=O)CCCCCCCCCCCCCCC. The van der Waals surface area contributed by atoms with Gasteiger partial charge in [0.15, 0.2) is 6.10 Å². The summed E-state index contributed by atoms with van der Waals surface area (Å²) in [6.07, 6.45) is 59.1. The van der Waals surface area contributed by atoms with Crippen molar-refractivity contribution in [3.05, 3.63) is 12.2 Å². The van der Waals surface area contributed by atoms with Crippen LogP contribution in [0.3, 0.4) is 0 Å². The summed E-state index contributed by atoms with van der Waals surface area (Å²) in [6, 6.07) is 0. The molecule has 0 radical (unpaired) electrons. The van der Waals surface area contributed by atoms with Gasteiger partial charge >= 0.3 is 17.9 Å². The molecule has 1 atom stereocenters. The number of carbonyl (C=O) groups excluding carboxylic acids is 3. The molecule has 0 N–H and O–H groups in total. The van der Waals surface area contributed by atoms with E-state index in [2.05, 4.69) is 32.9 Å². The van der Waals surface area contributed by atoms with E-state index in [1.54, 1.807) is 0 Å². The summed E-state index contributed by atoms with van der Waals surface area (Å²) in [5.74, 6) is -0.853. The van der Waals surface area contributed by atoms with Gasteiger partial charge in [0.2, 0.25) is 0 Å². The Morgan fingerprint density at radius 2 is 0.524 bits per heavy atom. The third-order valence-electron chi connectivity index (χ3n) is 12.8. The minimum Gasteiger partial charge on any atom is -0.462 e. The molecule has 0 heterocycles. The molecule has 0 aromatic rings. The fourth-order valence-electron chi connectivity index (χ4n) is 8.50. The number of ether oxygens (including phenoxy) is 3.